The minimum atomic E-state index is -3.97. The number of rotatable bonds is 9. The highest BCUT2D eigenvalue weighted by Gasteiger charge is 2.31. The number of hydrogen-bond donors (Lipinski definition) is 1. The largest absolute Gasteiger partial charge is 0.355 e. The van der Waals surface area contributed by atoms with Gasteiger partial charge in [0.15, 0.2) is 0 Å². The molecule has 2 rings (SSSR count). The van der Waals surface area contributed by atoms with E-state index in [1.54, 1.807) is 25.1 Å². The molecule has 7 nitrogen and oxygen atoms in total. The van der Waals surface area contributed by atoms with Gasteiger partial charge in [0.05, 0.1) is 17.0 Å². The summed E-state index contributed by atoms with van der Waals surface area (Å²) in [6.07, 6.45) is 0.903. The summed E-state index contributed by atoms with van der Waals surface area (Å²) >= 11 is 18.3. The van der Waals surface area contributed by atoms with E-state index in [-0.39, 0.29) is 27.3 Å². The fraction of sp³-hybridized carbons (Fsp3) is 0.333. The van der Waals surface area contributed by atoms with E-state index in [1.807, 2.05) is 0 Å². The SMILES string of the molecule is CCNC(=O)[C@H](C)N(Cc1c(Cl)cccc1Cl)C(=O)CN(c1ccc(F)c(Cl)c1)S(C)(=O)=O. The van der Waals surface area contributed by atoms with Crippen molar-refractivity contribution < 1.29 is 22.4 Å². The van der Waals surface area contributed by atoms with Crippen LogP contribution in [0.1, 0.15) is 19.4 Å². The van der Waals surface area contributed by atoms with Crippen LogP contribution in [0.15, 0.2) is 36.4 Å². The van der Waals surface area contributed by atoms with Gasteiger partial charge in [-0.15, -0.1) is 0 Å². The van der Waals surface area contributed by atoms with Crippen LogP contribution in [0, 0.1) is 5.82 Å². The van der Waals surface area contributed by atoms with E-state index in [1.165, 1.54) is 17.9 Å². The Kier molecular flexibility index (Phi) is 9.37. The first-order valence-corrected chi connectivity index (χ1v) is 12.8. The minimum Gasteiger partial charge on any atom is -0.355 e. The van der Waals surface area contributed by atoms with Crippen molar-refractivity contribution in [3.63, 3.8) is 0 Å². The summed E-state index contributed by atoms with van der Waals surface area (Å²) in [5.41, 5.74) is 0.403. The second-order valence-corrected chi connectivity index (χ2v) is 10.3. The molecule has 33 heavy (non-hydrogen) atoms. The topological polar surface area (TPSA) is 86.8 Å². The van der Waals surface area contributed by atoms with Gasteiger partial charge in [-0.2, -0.15) is 0 Å². The van der Waals surface area contributed by atoms with Crippen LogP contribution in [-0.2, 0) is 26.2 Å². The molecule has 2 aromatic carbocycles. The smallest absolute Gasteiger partial charge is 0.244 e. The molecule has 0 fully saturated rings. The lowest BCUT2D eigenvalue weighted by Gasteiger charge is -2.31. The first-order valence-electron chi connectivity index (χ1n) is 9.79. The summed E-state index contributed by atoms with van der Waals surface area (Å²) in [5, 5.41) is 2.90. The van der Waals surface area contributed by atoms with Crippen molar-refractivity contribution in [1.29, 1.82) is 0 Å². The second-order valence-electron chi connectivity index (χ2n) is 7.16. The Morgan fingerprint density at radius 1 is 1.09 bits per heavy atom. The van der Waals surface area contributed by atoms with Gasteiger partial charge in [-0.3, -0.25) is 13.9 Å². The fourth-order valence-electron chi connectivity index (χ4n) is 3.01. The predicted molar refractivity (Wildman–Crippen MR) is 129 cm³/mol. The third-order valence-corrected chi connectivity index (χ3v) is 6.92. The lowest BCUT2D eigenvalue weighted by atomic mass is 10.1. The van der Waals surface area contributed by atoms with E-state index < -0.39 is 40.2 Å². The van der Waals surface area contributed by atoms with Gasteiger partial charge in [0.2, 0.25) is 21.8 Å². The zero-order chi connectivity index (χ0) is 24.9. The highest BCUT2D eigenvalue weighted by molar-refractivity contribution is 7.92. The minimum absolute atomic E-state index is 0.00126. The van der Waals surface area contributed by atoms with Crippen molar-refractivity contribution in [2.24, 2.45) is 0 Å². The molecule has 180 valence electrons. The lowest BCUT2D eigenvalue weighted by Crippen LogP contribution is -2.51. The first kappa shape index (κ1) is 27.2. The molecule has 0 heterocycles. The van der Waals surface area contributed by atoms with Crippen LogP contribution in [0.5, 0.6) is 0 Å². The zero-order valence-corrected chi connectivity index (χ0v) is 21.2. The highest BCUT2D eigenvalue weighted by atomic mass is 35.5. The van der Waals surface area contributed by atoms with Crippen molar-refractivity contribution in [3.8, 4) is 0 Å². The van der Waals surface area contributed by atoms with Gasteiger partial charge in [-0.05, 0) is 44.2 Å². The number of carbonyl (C=O) groups is 2. The van der Waals surface area contributed by atoms with Crippen LogP contribution < -0.4 is 9.62 Å². The first-order chi connectivity index (χ1) is 15.4. The quantitative estimate of drug-likeness (QED) is 0.521. The molecule has 0 bridgehead atoms. The van der Waals surface area contributed by atoms with Crippen LogP contribution in [0.2, 0.25) is 15.1 Å². The van der Waals surface area contributed by atoms with Gasteiger partial charge in [0.25, 0.3) is 0 Å². The van der Waals surface area contributed by atoms with Crippen molar-refractivity contribution in [1.82, 2.24) is 10.2 Å². The molecule has 1 atom stereocenters. The van der Waals surface area contributed by atoms with Crippen LogP contribution >= 0.6 is 34.8 Å². The molecule has 2 aromatic rings. The maximum Gasteiger partial charge on any atom is 0.244 e. The second kappa shape index (κ2) is 11.4. The third-order valence-electron chi connectivity index (χ3n) is 4.78. The molecule has 0 radical (unpaired) electrons. The van der Waals surface area contributed by atoms with E-state index in [2.05, 4.69) is 5.32 Å². The van der Waals surface area contributed by atoms with Gasteiger partial charge in [-0.25, -0.2) is 12.8 Å². The molecule has 0 aliphatic rings. The van der Waals surface area contributed by atoms with Crippen LogP contribution in [0.3, 0.4) is 0 Å². The van der Waals surface area contributed by atoms with E-state index in [9.17, 15) is 22.4 Å². The summed E-state index contributed by atoms with van der Waals surface area (Å²) in [7, 11) is -3.97. The average molecular weight is 539 g/mol. The summed E-state index contributed by atoms with van der Waals surface area (Å²) in [6.45, 7) is 2.77. The van der Waals surface area contributed by atoms with Gasteiger partial charge in [-0.1, -0.05) is 40.9 Å². The molecular weight excluding hydrogens is 516 g/mol. The molecule has 0 aliphatic carbocycles. The molecule has 0 saturated heterocycles. The summed E-state index contributed by atoms with van der Waals surface area (Å²) in [4.78, 5) is 27.1. The fourth-order valence-corrected chi connectivity index (χ4v) is 4.55. The van der Waals surface area contributed by atoms with Crippen LogP contribution in [0.25, 0.3) is 0 Å². The molecule has 0 aromatic heterocycles. The molecule has 2 amide bonds. The maximum absolute atomic E-state index is 13.6. The third kappa shape index (κ3) is 6.96. The zero-order valence-electron chi connectivity index (χ0n) is 18.1. The van der Waals surface area contributed by atoms with E-state index in [0.29, 0.717) is 12.1 Å². The summed E-state index contributed by atoms with van der Waals surface area (Å²) < 4.78 is 39.3. The van der Waals surface area contributed by atoms with Crippen molar-refractivity contribution >= 4 is 62.3 Å². The Balaban J connectivity index is 2.46. The maximum atomic E-state index is 13.6. The molecule has 0 saturated carbocycles. The number of benzene rings is 2. The number of likely N-dealkylation sites (N-methyl/N-ethyl adjacent to an activating group) is 1. The Labute approximate surface area is 207 Å². The molecular formula is C21H23Cl3FN3O4S. The number of carbonyl (C=O) groups excluding carboxylic acids is 2. The van der Waals surface area contributed by atoms with E-state index >= 15 is 0 Å². The Morgan fingerprint density at radius 2 is 1.70 bits per heavy atom. The number of nitrogens with one attached hydrogen (secondary N) is 1. The molecule has 0 spiro atoms. The van der Waals surface area contributed by atoms with E-state index in [0.717, 1.165) is 22.7 Å². The number of anilines is 1. The lowest BCUT2D eigenvalue weighted by molar-refractivity contribution is -0.139. The van der Waals surface area contributed by atoms with Gasteiger partial charge in [0, 0.05) is 28.7 Å². The predicted octanol–water partition coefficient (Wildman–Crippen LogP) is 4.11. The summed E-state index contributed by atoms with van der Waals surface area (Å²) in [6, 6.07) is 7.14. The van der Waals surface area contributed by atoms with Gasteiger partial charge < -0.3 is 10.2 Å². The Morgan fingerprint density at radius 3 is 2.21 bits per heavy atom. The van der Waals surface area contributed by atoms with Gasteiger partial charge in [0.1, 0.15) is 18.4 Å². The number of amides is 2. The van der Waals surface area contributed by atoms with Crippen LogP contribution in [-0.4, -0.2) is 50.5 Å². The molecule has 1 N–H and O–H groups in total. The van der Waals surface area contributed by atoms with E-state index in [4.69, 9.17) is 34.8 Å². The average Bonchev–Trinajstić information content (AvgIpc) is 2.72. The highest BCUT2D eigenvalue weighted by Crippen LogP contribution is 2.28. The van der Waals surface area contributed by atoms with Crippen LogP contribution in [0.4, 0.5) is 10.1 Å². The molecule has 12 heteroatoms. The van der Waals surface area contributed by atoms with Crippen molar-refractivity contribution in [3.05, 3.63) is 62.8 Å². The number of halogens is 4. The normalized spacial score (nSPS) is 12.2. The van der Waals surface area contributed by atoms with Crippen molar-refractivity contribution in [2.75, 3.05) is 23.7 Å². The Hall–Kier alpha value is -2.07. The Bertz CT molecular complexity index is 1130. The number of nitrogens with zero attached hydrogens (tertiary/aromatic N) is 2. The summed E-state index contributed by atoms with van der Waals surface area (Å²) in [5.74, 6) is -1.87. The molecule has 0 aliphatic heterocycles. The number of hydrogen-bond acceptors (Lipinski definition) is 4. The van der Waals surface area contributed by atoms with Gasteiger partial charge >= 0.3 is 0 Å². The monoisotopic (exact) mass is 537 g/mol. The van der Waals surface area contributed by atoms with Crippen molar-refractivity contribution in [2.45, 2.75) is 26.4 Å². The molecule has 0 unspecified atom stereocenters. The standard InChI is InChI=1S/C21H23Cl3FN3O4S/c1-4-26-21(30)13(2)27(11-15-16(22)6-5-7-17(15)23)20(29)12-28(33(3,31)32)14-8-9-19(25)18(24)10-14/h5-10,13H,4,11-12H2,1-3H3,(H,26,30)/t13-/m0/s1. The number of sulfonamides is 1.